The highest BCUT2D eigenvalue weighted by Gasteiger charge is 2.33. The van der Waals surface area contributed by atoms with Gasteiger partial charge >= 0.3 is 0 Å². The van der Waals surface area contributed by atoms with Crippen molar-refractivity contribution in [2.45, 2.75) is 57.7 Å². The lowest BCUT2D eigenvalue weighted by atomic mass is 9.97. The highest BCUT2D eigenvalue weighted by molar-refractivity contribution is 5.46. The number of piperidine rings is 1. The maximum absolute atomic E-state index is 9.85. The van der Waals surface area contributed by atoms with Gasteiger partial charge in [0.1, 0.15) is 0 Å². The molecule has 4 nitrogen and oxygen atoms in total. The normalized spacial score (nSPS) is 28.2. The predicted octanol–water partition coefficient (Wildman–Crippen LogP) is 2.59. The minimum absolute atomic E-state index is 0.438. The molecule has 0 spiro atoms. The Morgan fingerprint density at radius 1 is 1.33 bits per heavy atom. The van der Waals surface area contributed by atoms with Crippen molar-refractivity contribution >= 4 is 5.69 Å². The van der Waals surface area contributed by atoms with E-state index in [1.807, 2.05) is 19.2 Å². The van der Waals surface area contributed by atoms with E-state index in [0.29, 0.717) is 18.5 Å². The van der Waals surface area contributed by atoms with Crippen LogP contribution in [-0.4, -0.2) is 46.7 Å². The van der Waals surface area contributed by atoms with E-state index in [1.165, 1.54) is 31.5 Å². The molecule has 3 heterocycles. The fourth-order valence-electron chi connectivity index (χ4n) is 3.69. The Morgan fingerprint density at radius 3 is 2.90 bits per heavy atom. The van der Waals surface area contributed by atoms with Gasteiger partial charge in [0.2, 0.25) is 0 Å². The van der Waals surface area contributed by atoms with Crippen LogP contribution in [0.4, 0.5) is 5.69 Å². The largest absolute Gasteiger partial charge is 0.387 e. The number of fused-ring (bicyclic) bond motifs is 1. The van der Waals surface area contributed by atoms with Gasteiger partial charge in [-0.2, -0.15) is 0 Å². The molecule has 0 saturated carbocycles. The number of piperazine rings is 1. The highest BCUT2D eigenvalue weighted by atomic mass is 16.3. The Balaban J connectivity index is 1.73. The van der Waals surface area contributed by atoms with Crippen molar-refractivity contribution in [3.63, 3.8) is 0 Å². The Bertz CT molecular complexity index is 462. The van der Waals surface area contributed by atoms with Crippen molar-refractivity contribution in [3.05, 3.63) is 24.0 Å². The molecule has 2 saturated heterocycles. The van der Waals surface area contributed by atoms with Gasteiger partial charge < -0.3 is 10.0 Å². The van der Waals surface area contributed by atoms with Gasteiger partial charge in [-0.3, -0.25) is 9.88 Å². The fraction of sp³-hybridized carbons (Fsp3) is 0.706. The summed E-state index contributed by atoms with van der Waals surface area (Å²) in [5, 5.41) is 9.85. The third-order valence-corrected chi connectivity index (χ3v) is 5.02. The summed E-state index contributed by atoms with van der Waals surface area (Å²) >= 11 is 0. The maximum atomic E-state index is 9.85. The predicted molar refractivity (Wildman–Crippen MR) is 85.5 cm³/mol. The molecular weight excluding hydrogens is 262 g/mol. The third kappa shape index (κ3) is 3.06. The lowest BCUT2D eigenvalue weighted by molar-refractivity contribution is 0.115. The molecule has 116 valence electrons. The Kier molecular flexibility index (Phi) is 4.45. The summed E-state index contributed by atoms with van der Waals surface area (Å²) in [6.07, 6.45) is 6.25. The first-order chi connectivity index (χ1) is 10.2. The molecule has 0 bridgehead atoms. The first-order valence-corrected chi connectivity index (χ1v) is 8.33. The number of rotatable bonds is 3. The summed E-state index contributed by atoms with van der Waals surface area (Å²) in [6, 6.07) is 5.33. The maximum Gasteiger partial charge on any atom is 0.0957 e. The fourth-order valence-corrected chi connectivity index (χ4v) is 3.69. The van der Waals surface area contributed by atoms with Crippen LogP contribution in [0.5, 0.6) is 0 Å². The smallest absolute Gasteiger partial charge is 0.0957 e. The van der Waals surface area contributed by atoms with Crippen LogP contribution in [0.3, 0.4) is 0 Å². The van der Waals surface area contributed by atoms with Gasteiger partial charge in [-0.1, -0.05) is 13.3 Å². The molecule has 2 fully saturated rings. The van der Waals surface area contributed by atoms with Crippen molar-refractivity contribution < 1.29 is 5.11 Å². The van der Waals surface area contributed by atoms with E-state index in [2.05, 4.69) is 27.8 Å². The zero-order valence-electron chi connectivity index (χ0n) is 13.2. The summed E-state index contributed by atoms with van der Waals surface area (Å²) in [4.78, 5) is 9.61. The number of aromatic nitrogens is 1. The summed E-state index contributed by atoms with van der Waals surface area (Å²) in [5.41, 5.74) is 1.98. The second-order valence-electron chi connectivity index (χ2n) is 6.51. The van der Waals surface area contributed by atoms with Crippen molar-refractivity contribution in [2.75, 3.05) is 24.5 Å². The van der Waals surface area contributed by atoms with Crippen molar-refractivity contribution in [1.29, 1.82) is 0 Å². The SMILES string of the molecule is CCC(O)c1ccc(N2CC3CCCCN3CC2C)cn1. The van der Waals surface area contributed by atoms with Crippen molar-refractivity contribution in [3.8, 4) is 0 Å². The van der Waals surface area contributed by atoms with E-state index >= 15 is 0 Å². The van der Waals surface area contributed by atoms with Crippen molar-refractivity contribution in [2.24, 2.45) is 0 Å². The summed E-state index contributed by atoms with van der Waals surface area (Å²) in [5.74, 6) is 0. The molecule has 0 radical (unpaired) electrons. The number of nitrogens with zero attached hydrogens (tertiary/aromatic N) is 3. The van der Waals surface area contributed by atoms with Gasteiger partial charge in [-0.05, 0) is 44.9 Å². The molecule has 4 heteroatoms. The Hall–Kier alpha value is -1.13. The van der Waals surface area contributed by atoms with Crippen LogP contribution in [0.15, 0.2) is 18.3 Å². The quantitative estimate of drug-likeness (QED) is 0.928. The van der Waals surface area contributed by atoms with E-state index in [0.717, 1.165) is 18.8 Å². The Labute approximate surface area is 127 Å². The van der Waals surface area contributed by atoms with Gasteiger partial charge in [-0.15, -0.1) is 0 Å². The molecule has 21 heavy (non-hydrogen) atoms. The molecule has 1 aromatic heterocycles. The molecule has 0 amide bonds. The van der Waals surface area contributed by atoms with Gasteiger partial charge in [0.15, 0.2) is 0 Å². The van der Waals surface area contributed by atoms with Crippen LogP contribution in [-0.2, 0) is 0 Å². The summed E-state index contributed by atoms with van der Waals surface area (Å²) < 4.78 is 0. The Morgan fingerprint density at radius 2 is 2.19 bits per heavy atom. The van der Waals surface area contributed by atoms with Crippen LogP contribution < -0.4 is 4.90 Å². The molecule has 0 aliphatic carbocycles. The zero-order valence-corrected chi connectivity index (χ0v) is 13.2. The number of hydrogen-bond acceptors (Lipinski definition) is 4. The van der Waals surface area contributed by atoms with Crippen LogP contribution >= 0.6 is 0 Å². The average Bonchev–Trinajstić information content (AvgIpc) is 2.53. The van der Waals surface area contributed by atoms with Gasteiger partial charge in [-0.25, -0.2) is 0 Å². The third-order valence-electron chi connectivity index (χ3n) is 5.02. The number of anilines is 1. The first kappa shape index (κ1) is 14.8. The van der Waals surface area contributed by atoms with Crippen LogP contribution in [0.1, 0.15) is 51.3 Å². The van der Waals surface area contributed by atoms with Crippen LogP contribution in [0.2, 0.25) is 0 Å². The van der Waals surface area contributed by atoms with Gasteiger partial charge in [0.05, 0.1) is 23.7 Å². The summed E-state index contributed by atoms with van der Waals surface area (Å²) in [7, 11) is 0. The zero-order chi connectivity index (χ0) is 14.8. The molecule has 3 atom stereocenters. The summed E-state index contributed by atoms with van der Waals surface area (Å²) in [6.45, 7) is 7.81. The first-order valence-electron chi connectivity index (χ1n) is 8.33. The standard InChI is InChI=1S/C17H27N3O/c1-3-17(21)16-8-7-14(10-18-16)20-12-15-6-4-5-9-19(15)11-13(20)2/h7-8,10,13,15,17,21H,3-6,9,11-12H2,1-2H3. The lowest BCUT2D eigenvalue weighted by Gasteiger charge is -2.48. The number of aliphatic hydroxyl groups is 1. The van der Waals surface area contributed by atoms with Crippen LogP contribution in [0.25, 0.3) is 0 Å². The van der Waals surface area contributed by atoms with Gasteiger partial charge in [0, 0.05) is 25.2 Å². The molecular formula is C17H27N3O. The average molecular weight is 289 g/mol. The number of hydrogen-bond donors (Lipinski definition) is 1. The molecule has 1 aromatic rings. The number of aliphatic hydroxyl groups excluding tert-OH is 1. The second kappa shape index (κ2) is 6.32. The lowest BCUT2D eigenvalue weighted by Crippen LogP contribution is -2.58. The van der Waals surface area contributed by atoms with E-state index in [-0.39, 0.29) is 0 Å². The van der Waals surface area contributed by atoms with Crippen LogP contribution in [0, 0.1) is 0 Å². The number of pyridine rings is 1. The molecule has 2 aliphatic heterocycles. The highest BCUT2D eigenvalue weighted by Crippen LogP contribution is 2.28. The topological polar surface area (TPSA) is 39.6 Å². The van der Waals surface area contributed by atoms with Gasteiger partial charge in [0.25, 0.3) is 0 Å². The minimum atomic E-state index is -0.438. The molecule has 2 aliphatic rings. The molecule has 3 unspecified atom stereocenters. The minimum Gasteiger partial charge on any atom is -0.387 e. The second-order valence-corrected chi connectivity index (χ2v) is 6.51. The molecule has 3 rings (SSSR count). The van der Waals surface area contributed by atoms with E-state index in [1.54, 1.807) is 0 Å². The van der Waals surface area contributed by atoms with E-state index in [9.17, 15) is 5.11 Å². The molecule has 1 N–H and O–H groups in total. The van der Waals surface area contributed by atoms with E-state index < -0.39 is 6.10 Å². The van der Waals surface area contributed by atoms with E-state index in [4.69, 9.17) is 0 Å². The van der Waals surface area contributed by atoms with Crippen molar-refractivity contribution in [1.82, 2.24) is 9.88 Å². The molecule has 0 aromatic carbocycles. The monoisotopic (exact) mass is 289 g/mol.